The lowest BCUT2D eigenvalue weighted by molar-refractivity contribution is 0.0512. The predicted molar refractivity (Wildman–Crippen MR) is 174 cm³/mol. The van der Waals surface area contributed by atoms with E-state index in [4.69, 9.17) is 26.2 Å². The third-order valence-electron chi connectivity index (χ3n) is 8.53. The number of ether oxygens (including phenoxy) is 2. The number of esters is 1. The fraction of sp³-hybridized carbons (Fsp3) is 0.471. The molecule has 9 heteroatoms. The van der Waals surface area contributed by atoms with Crippen LogP contribution in [0.5, 0.6) is 5.75 Å². The number of carbonyl (C=O) groups is 1. The van der Waals surface area contributed by atoms with Crippen LogP contribution in [0.25, 0.3) is 22.0 Å². The van der Waals surface area contributed by atoms with Crippen LogP contribution in [0.3, 0.4) is 0 Å². The molecule has 0 atom stereocenters. The number of halogens is 1. The highest BCUT2D eigenvalue weighted by molar-refractivity contribution is 6.32. The maximum absolute atomic E-state index is 13.7. The Morgan fingerprint density at radius 1 is 1.07 bits per heavy atom. The minimum absolute atomic E-state index is 0.274. The Morgan fingerprint density at radius 3 is 2.44 bits per heavy atom. The quantitative estimate of drug-likeness (QED) is 0.166. The number of nitrogens with one attached hydrogen (secondary N) is 1. The van der Waals surface area contributed by atoms with E-state index in [-0.39, 0.29) is 5.97 Å². The van der Waals surface area contributed by atoms with Gasteiger partial charge in [-0.3, -0.25) is 9.58 Å². The topological polar surface area (TPSA) is 73.5 Å². The second kappa shape index (κ2) is 13.5. The molecule has 1 aliphatic heterocycles. The Kier molecular flexibility index (Phi) is 9.79. The molecule has 0 amide bonds. The van der Waals surface area contributed by atoms with Crippen LogP contribution in [0.4, 0.5) is 0 Å². The van der Waals surface area contributed by atoms with E-state index in [0.29, 0.717) is 31.9 Å². The van der Waals surface area contributed by atoms with Gasteiger partial charge in [0.1, 0.15) is 11.4 Å². The molecular formula is C34H44ClN5O3. The molecule has 1 fully saturated rings. The number of piperazine rings is 1. The molecule has 3 heterocycles. The molecule has 0 radical (unpaired) electrons. The first-order chi connectivity index (χ1) is 20.7. The lowest BCUT2D eigenvalue weighted by Gasteiger charge is -2.27. The fourth-order valence-electron chi connectivity index (χ4n) is 6.36. The first kappa shape index (κ1) is 31.1. The molecule has 0 bridgehead atoms. The van der Waals surface area contributed by atoms with Crippen LogP contribution < -0.4 is 10.1 Å². The van der Waals surface area contributed by atoms with E-state index < -0.39 is 0 Å². The van der Waals surface area contributed by atoms with Crippen molar-refractivity contribution in [1.82, 2.24) is 24.6 Å². The minimum atomic E-state index is -0.274. The largest absolute Gasteiger partial charge is 0.494 e. The van der Waals surface area contributed by atoms with E-state index >= 15 is 0 Å². The van der Waals surface area contributed by atoms with Gasteiger partial charge < -0.3 is 19.4 Å². The van der Waals surface area contributed by atoms with Gasteiger partial charge in [-0.15, -0.1) is 0 Å². The van der Waals surface area contributed by atoms with Gasteiger partial charge in [-0.2, -0.15) is 5.10 Å². The number of carbonyl (C=O) groups excluding carboxylic acids is 1. The molecule has 1 N–H and O–H groups in total. The molecule has 5 rings (SSSR count). The molecule has 2 aromatic heterocycles. The Bertz CT molecular complexity index is 1590. The van der Waals surface area contributed by atoms with Gasteiger partial charge in [-0.05, 0) is 76.3 Å². The molecule has 8 nitrogen and oxygen atoms in total. The number of rotatable bonds is 11. The zero-order valence-electron chi connectivity index (χ0n) is 26.3. The molecule has 0 unspecified atom stereocenters. The van der Waals surface area contributed by atoms with Crippen LogP contribution in [0.1, 0.15) is 51.9 Å². The third-order valence-corrected chi connectivity index (χ3v) is 9.13. The van der Waals surface area contributed by atoms with Gasteiger partial charge in [0.15, 0.2) is 0 Å². The number of nitrogens with zero attached hydrogens (tertiary/aromatic N) is 4. The molecule has 0 spiro atoms. The molecule has 230 valence electrons. The Morgan fingerprint density at radius 2 is 1.79 bits per heavy atom. The SMILES string of the molecule is CCOC(=O)c1c(CCCOc2cc(C)c(Cl)c(C)c2)c2cccc(-c3c(C)nn(C)c3C)c2n1CCN1CCNCC1. The summed E-state index contributed by atoms with van der Waals surface area (Å²) in [6.07, 6.45) is 1.44. The summed E-state index contributed by atoms with van der Waals surface area (Å²) < 4.78 is 16.0. The zero-order chi connectivity index (χ0) is 30.7. The average Bonchev–Trinajstić information content (AvgIpc) is 3.45. The normalized spacial score (nSPS) is 14.0. The summed E-state index contributed by atoms with van der Waals surface area (Å²) in [6, 6.07) is 10.4. The Hall–Kier alpha value is -3.33. The van der Waals surface area contributed by atoms with Crippen LogP contribution in [0.2, 0.25) is 5.02 Å². The van der Waals surface area contributed by atoms with Crippen LogP contribution in [-0.2, 0) is 24.8 Å². The number of benzene rings is 2. The van der Waals surface area contributed by atoms with E-state index in [1.165, 1.54) is 0 Å². The van der Waals surface area contributed by atoms with Gasteiger partial charge >= 0.3 is 5.97 Å². The molecule has 4 aromatic rings. The highest BCUT2D eigenvalue weighted by atomic mass is 35.5. The second-order valence-electron chi connectivity index (χ2n) is 11.5. The van der Waals surface area contributed by atoms with Crippen molar-refractivity contribution < 1.29 is 14.3 Å². The minimum Gasteiger partial charge on any atom is -0.494 e. The molecule has 1 aliphatic rings. The highest BCUT2D eigenvalue weighted by Crippen LogP contribution is 2.38. The maximum atomic E-state index is 13.7. The summed E-state index contributed by atoms with van der Waals surface area (Å²) >= 11 is 6.36. The second-order valence-corrected chi connectivity index (χ2v) is 11.9. The summed E-state index contributed by atoms with van der Waals surface area (Å²) in [4.78, 5) is 16.2. The van der Waals surface area contributed by atoms with E-state index in [1.807, 2.05) is 44.6 Å². The predicted octanol–water partition coefficient (Wildman–Crippen LogP) is 6.02. The smallest absolute Gasteiger partial charge is 0.355 e. The van der Waals surface area contributed by atoms with Crippen LogP contribution in [0.15, 0.2) is 30.3 Å². The fourth-order valence-corrected chi connectivity index (χ4v) is 6.47. The summed E-state index contributed by atoms with van der Waals surface area (Å²) in [7, 11) is 1.98. The van der Waals surface area contributed by atoms with Crippen molar-refractivity contribution in [3.05, 3.63) is 69.1 Å². The van der Waals surface area contributed by atoms with Gasteiger partial charge in [-0.25, -0.2) is 4.79 Å². The molecule has 0 aliphatic carbocycles. The number of aryl methyl sites for hydroxylation is 5. The lowest BCUT2D eigenvalue weighted by Crippen LogP contribution is -2.44. The highest BCUT2D eigenvalue weighted by Gasteiger charge is 2.27. The summed E-state index contributed by atoms with van der Waals surface area (Å²) in [5.41, 5.74) is 9.03. The molecule has 1 saturated heterocycles. The summed E-state index contributed by atoms with van der Waals surface area (Å²) in [5, 5.41) is 10.0. The van der Waals surface area contributed by atoms with Crippen LogP contribution >= 0.6 is 11.6 Å². The van der Waals surface area contributed by atoms with E-state index in [0.717, 1.165) is 100 Å². The lowest BCUT2D eigenvalue weighted by atomic mass is 9.98. The molecular weight excluding hydrogens is 562 g/mol. The number of aromatic nitrogens is 3. The average molecular weight is 606 g/mol. The standard InChI is InChI=1S/C34H44ClN5O3/c1-7-42-34(41)33-28(12-9-19-43-26-20-22(2)31(35)23(3)21-26)27-10-8-11-29(30-24(4)37-38(6)25(30)5)32(27)40(33)18-17-39-15-13-36-14-16-39/h8,10-11,20-21,36H,7,9,12-19H2,1-6H3. The number of hydrogen-bond donors (Lipinski definition) is 1. The maximum Gasteiger partial charge on any atom is 0.355 e. The summed E-state index contributed by atoms with van der Waals surface area (Å²) in [5.74, 6) is 0.540. The first-order valence-electron chi connectivity index (χ1n) is 15.4. The van der Waals surface area contributed by atoms with Crippen LogP contribution in [0, 0.1) is 27.7 Å². The number of fused-ring (bicyclic) bond motifs is 1. The Balaban J connectivity index is 1.56. The van der Waals surface area contributed by atoms with Crippen molar-refractivity contribution in [2.75, 3.05) is 45.9 Å². The molecule has 2 aromatic carbocycles. The van der Waals surface area contributed by atoms with Gasteiger partial charge in [0, 0.05) is 73.5 Å². The van der Waals surface area contributed by atoms with Crippen molar-refractivity contribution >= 4 is 28.5 Å². The van der Waals surface area contributed by atoms with E-state index in [9.17, 15) is 4.79 Å². The zero-order valence-corrected chi connectivity index (χ0v) is 27.1. The van der Waals surface area contributed by atoms with Crippen molar-refractivity contribution in [3.8, 4) is 16.9 Å². The van der Waals surface area contributed by atoms with Gasteiger partial charge in [0.05, 0.1) is 24.4 Å². The number of para-hydroxylation sites is 1. The first-order valence-corrected chi connectivity index (χ1v) is 15.7. The van der Waals surface area contributed by atoms with Crippen molar-refractivity contribution in [3.63, 3.8) is 0 Å². The van der Waals surface area contributed by atoms with Gasteiger partial charge in [0.2, 0.25) is 0 Å². The van der Waals surface area contributed by atoms with E-state index in [1.54, 1.807) is 0 Å². The van der Waals surface area contributed by atoms with Gasteiger partial charge in [0.25, 0.3) is 0 Å². The van der Waals surface area contributed by atoms with Crippen molar-refractivity contribution in [2.24, 2.45) is 7.05 Å². The van der Waals surface area contributed by atoms with Crippen molar-refractivity contribution in [2.45, 2.75) is 54.0 Å². The van der Waals surface area contributed by atoms with Gasteiger partial charge in [-0.1, -0.05) is 29.8 Å². The Labute approximate surface area is 259 Å². The van der Waals surface area contributed by atoms with Crippen molar-refractivity contribution in [1.29, 1.82) is 0 Å². The molecule has 43 heavy (non-hydrogen) atoms. The monoisotopic (exact) mass is 605 g/mol. The van der Waals surface area contributed by atoms with Crippen LogP contribution in [-0.4, -0.2) is 71.2 Å². The number of hydrogen-bond acceptors (Lipinski definition) is 6. The summed E-state index contributed by atoms with van der Waals surface area (Å²) in [6.45, 7) is 16.4. The third kappa shape index (κ3) is 6.47. The molecule has 0 saturated carbocycles. The van der Waals surface area contributed by atoms with E-state index in [2.05, 4.69) is 46.8 Å².